The highest BCUT2D eigenvalue weighted by atomic mass is 35.5. The van der Waals surface area contributed by atoms with Crippen molar-refractivity contribution in [3.63, 3.8) is 0 Å². The van der Waals surface area contributed by atoms with Crippen molar-refractivity contribution in [2.24, 2.45) is 0 Å². The van der Waals surface area contributed by atoms with E-state index in [4.69, 9.17) is 11.6 Å². The minimum Gasteiger partial charge on any atom is -0.310 e. The quantitative estimate of drug-likeness (QED) is 0.828. The first-order chi connectivity index (χ1) is 9.94. The van der Waals surface area contributed by atoms with Gasteiger partial charge in [0.15, 0.2) is 5.16 Å². The molecule has 21 heavy (non-hydrogen) atoms. The lowest BCUT2D eigenvalue weighted by Crippen LogP contribution is -2.22. The second-order valence-corrected chi connectivity index (χ2v) is 6.55. The molecule has 6 heteroatoms. The van der Waals surface area contributed by atoms with E-state index in [0.717, 1.165) is 17.0 Å². The van der Waals surface area contributed by atoms with Crippen molar-refractivity contribution in [1.29, 1.82) is 0 Å². The largest absolute Gasteiger partial charge is 0.310 e. The molecule has 2 rings (SSSR count). The van der Waals surface area contributed by atoms with Crippen LogP contribution < -0.4 is 10.9 Å². The van der Waals surface area contributed by atoms with E-state index in [1.54, 1.807) is 0 Å². The van der Waals surface area contributed by atoms with Crippen LogP contribution in [0.2, 0.25) is 5.02 Å². The van der Waals surface area contributed by atoms with E-state index in [0.29, 0.717) is 21.9 Å². The Morgan fingerprint density at radius 2 is 2.14 bits per heavy atom. The monoisotopic (exact) mass is 323 g/mol. The van der Waals surface area contributed by atoms with Crippen LogP contribution in [0.4, 0.5) is 0 Å². The van der Waals surface area contributed by atoms with Crippen molar-refractivity contribution < 1.29 is 0 Å². The average molecular weight is 324 g/mol. The van der Waals surface area contributed by atoms with Crippen molar-refractivity contribution in [2.45, 2.75) is 43.4 Å². The summed E-state index contributed by atoms with van der Waals surface area (Å²) in [5, 5.41) is 4.66. The lowest BCUT2D eigenvalue weighted by Gasteiger charge is -2.12. The predicted molar refractivity (Wildman–Crippen MR) is 87.1 cm³/mol. The molecule has 1 heterocycles. The minimum absolute atomic E-state index is 0.138. The first-order valence-electron chi connectivity index (χ1n) is 6.71. The zero-order valence-electron chi connectivity index (χ0n) is 12.2. The Morgan fingerprint density at radius 1 is 1.38 bits per heavy atom. The van der Waals surface area contributed by atoms with Crippen LogP contribution in [0.15, 0.2) is 39.1 Å². The van der Waals surface area contributed by atoms with Crippen LogP contribution in [0.25, 0.3) is 0 Å². The smallest absolute Gasteiger partial charge is 0.251 e. The summed E-state index contributed by atoms with van der Waals surface area (Å²) >= 11 is 7.51. The van der Waals surface area contributed by atoms with Crippen molar-refractivity contribution in [3.05, 3.63) is 50.9 Å². The Morgan fingerprint density at radius 3 is 2.81 bits per heavy atom. The highest BCUT2D eigenvalue weighted by Gasteiger charge is 2.08. The molecule has 0 saturated heterocycles. The molecule has 2 N–H and O–H groups in total. The second kappa shape index (κ2) is 7.11. The van der Waals surface area contributed by atoms with Gasteiger partial charge in [-0.1, -0.05) is 37.2 Å². The van der Waals surface area contributed by atoms with Gasteiger partial charge in [-0.3, -0.25) is 4.79 Å². The van der Waals surface area contributed by atoms with Crippen LogP contribution in [0, 0.1) is 6.92 Å². The maximum atomic E-state index is 11.5. The molecule has 4 nitrogen and oxygen atoms in total. The Balaban J connectivity index is 2.28. The first-order valence-corrected chi connectivity index (χ1v) is 7.91. The van der Waals surface area contributed by atoms with E-state index < -0.39 is 0 Å². The van der Waals surface area contributed by atoms with Gasteiger partial charge in [-0.2, -0.15) is 0 Å². The molecular weight excluding hydrogens is 306 g/mol. The van der Waals surface area contributed by atoms with Crippen LogP contribution in [-0.2, 0) is 6.54 Å². The maximum Gasteiger partial charge on any atom is 0.251 e. The van der Waals surface area contributed by atoms with Crippen LogP contribution >= 0.6 is 23.4 Å². The first kappa shape index (κ1) is 16.1. The summed E-state index contributed by atoms with van der Waals surface area (Å²) in [6, 6.07) is 7.60. The maximum absolute atomic E-state index is 11.5. The summed E-state index contributed by atoms with van der Waals surface area (Å²) in [5.74, 6) is 0. The Bertz CT molecular complexity index is 685. The standard InChI is InChI=1S/C15H18ClN3OS/c1-9(2)17-8-11-7-12(16)4-5-13(11)21-15-18-10(3)6-14(20)19-15/h4-7,9,17H,8H2,1-3H3,(H,18,19,20). The SMILES string of the molecule is Cc1cc(=O)[nH]c(Sc2ccc(Cl)cc2CNC(C)C)n1. The Kier molecular flexibility index (Phi) is 5.45. The number of aryl methyl sites for hydroxylation is 1. The van der Waals surface area contributed by atoms with Gasteiger partial charge in [0.25, 0.3) is 5.56 Å². The van der Waals surface area contributed by atoms with Crippen LogP contribution in [-0.4, -0.2) is 16.0 Å². The fourth-order valence-electron chi connectivity index (χ4n) is 1.80. The normalized spacial score (nSPS) is 11.1. The number of hydrogen-bond acceptors (Lipinski definition) is 4. The third-order valence-corrected chi connectivity index (χ3v) is 4.02. The molecule has 0 atom stereocenters. The molecule has 0 fully saturated rings. The Labute approximate surface area is 133 Å². The number of halogens is 1. The zero-order valence-corrected chi connectivity index (χ0v) is 13.8. The highest BCUT2D eigenvalue weighted by molar-refractivity contribution is 7.99. The number of nitrogens with one attached hydrogen (secondary N) is 2. The number of benzene rings is 1. The predicted octanol–water partition coefficient (Wildman–Crippen LogP) is 3.38. The van der Waals surface area contributed by atoms with Gasteiger partial charge in [-0.15, -0.1) is 0 Å². The number of aromatic nitrogens is 2. The van der Waals surface area contributed by atoms with Crippen LogP contribution in [0.1, 0.15) is 25.1 Å². The minimum atomic E-state index is -0.138. The fourth-order valence-corrected chi connectivity index (χ4v) is 2.95. The van der Waals surface area contributed by atoms with Gasteiger partial charge in [0.2, 0.25) is 0 Å². The van der Waals surface area contributed by atoms with Gasteiger partial charge < -0.3 is 10.3 Å². The summed E-state index contributed by atoms with van der Waals surface area (Å²) in [7, 11) is 0. The van der Waals surface area contributed by atoms with E-state index in [2.05, 4.69) is 29.1 Å². The Hall–Kier alpha value is -1.30. The molecule has 2 aromatic rings. The molecule has 0 aliphatic heterocycles. The fraction of sp³-hybridized carbons (Fsp3) is 0.333. The lowest BCUT2D eigenvalue weighted by atomic mass is 10.2. The lowest BCUT2D eigenvalue weighted by molar-refractivity contribution is 0.584. The summed E-state index contributed by atoms with van der Waals surface area (Å²) in [5.41, 5.74) is 1.66. The molecule has 0 saturated carbocycles. The molecule has 0 aliphatic rings. The molecule has 0 aliphatic carbocycles. The van der Waals surface area contributed by atoms with Crippen molar-refractivity contribution in [1.82, 2.24) is 15.3 Å². The second-order valence-electron chi connectivity index (χ2n) is 5.08. The van der Waals surface area contributed by atoms with E-state index in [9.17, 15) is 4.79 Å². The summed E-state index contributed by atoms with van der Waals surface area (Å²) < 4.78 is 0. The number of aromatic amines is 1. The van der Waals surface area contributed by atoms with Crippen molar-refractivity contribution in [3.8, 4) is 0 Å². The van der Waals surface area contributed by atoms with Gasteiger partial charge in [-0.05, 0) is 30.7 Å². The number of rotatable bonds is 5. The van der Waals surface area contributed by atoms with Crippen molar-refractivity contribution >= 4 is 23.4 Å². The topological polar surface area (TPSA) is 57.8 Å². The number of hydrogen-bond donors (Lipinski definition) is 2. The van der Waals surface area contributed by atoms with Gasteiger partial charge in [0.1, 0.15) is 0 Å². The molecule has 1 aromatic heterocycles. The van der Waals surface area contributed by atoms with Gasteiger partial charge in [-0.25, -0.2) is 4.98 Å². The van der Waals surface area contributed by atoms with E-state index in [-0.39, 0.29) is 5.56 Å². The zero-order chi connectivity index (χ0) is 15.4. The third-order valence-electron chi connectivity index (χ3n) is 2.78. The van der Waals surface area contributed by atoms with E-state index >= 15 is 0 Å². The van der Waals surface area contributed by atoms with Crippen molar-refractivity contribution in [2.75, 3.05) is 0 Å². The van der Waals surface area contributed by atoms with Gasteiger partial charge in [0.05, 0.1) is 0 Å². The molecule has 0 amide bonds. The van der Waals surface area contributed by atoms with Crippen LogP contribution in [0.5, 0.6) is 0 Å². The highest BCUT2D eigenvalue weighted by Crippen LogP contribution is 2.29. The van der Waals surface area contributed by atoms with Crippen LogP contribution in [0.3, 0.4) is 0 Å². The number of H-pyrrole nitrogens is 1. The van der Waals surface area contributed by atoms with E-state index in [1.807, 2.05) is 25.1 Å². The molecule has 0 bridgehead atoms. The molecule has 0 radical (unpaired) electrons. The van der Waals surface area contributed by atoms with E-state index in [1.165, 1.54) is 17.8 Å². The average Bonchev–Trinajstić information content (AvgIpc) is 2.37. The molecule has 112 valence electrons. The molecule has 0 unspecified atom stereocenters. The summed E-state index contributed by atoms with van der Waals surface area (Å²) in [4.78, 5) is 19.6. The summed E-state index contributed by atoms with van der Waals surface area (Å²) in [6.07, 6.45) is 0. The summed E-state index contributed by atoms with van der Waals surface area (Å²) in [6.45, 7) is 6.72. The number of nitrogens with zero attached hydrogens (tertiary/aromatic N) is 1. The third kappa shape index (κ3) is 4.88. The molecule has 1 aromatic carbocycles. The van der Waals surface area contributed by atoms with Gasteiger partial charge in [0, 0.05) is 34.3 Å². The van der Waals surface area contributed by atoms with Gasteiger partial charge >= 0.3 is 0 Å². The molecule has 0 spiro atoms. The molecular formula is C15H18ClN3OS.